The van der Waals surface area contributed by atoms with Crippen LogP contribution in [-0.4, -0.2) is 171 Å². The smallest absolute Gasteiger partial charge is 0.305 e. The van der Waals surface area contributed by atoms with Crippen LogP contribution in [0.1, 0.15) is 71.6 Å². The first kappa shape index (κ1) is 50.5. The van der Waals surface area contributed by atoms with Crippen LogP contribution in [-0.2, 0) is 71.2 Å². The lowest BCUT2D eigenvalue weighted by atomic mass is 10.2. The zero-order valence-corrected chi connectivity index (χ0v) is 32.5. The van der Waals surface area contributed by atoms with Crippen LogP contribution in [0.3, 0.4) is 0 Å². The average molecular weight is 757 g/mol. The first-order valence-electron chi connectivity index (χ1n) is 19.4. The summed E-state index contributed by atoms with van der Waals surface area (Å²) in [5, 5.41) is 0. The summed E-state index contributed by atoms with van der Waals surface area (Å²) in [6.07, 6.45) is 8.22. The highest BCUT2D eigenvalue weighted by Crippen LogP contribution is 2.03. The van der Waals surface area contributed by atoms with E-state index in [2.05, 4.69) is 13.8 Å². The zero-order chi connectivity index (χ0) is 37.7. The molecule has 0 aliphatic rings. The van der Waals surface area contributed by atoms with Crippen LogP contribution in [0.5, 0.6) is 0 Å². The lowest BCUT2D eigenvalue weighted by Gasteiger charge is -2.09. The average Bonchev–Trinajstić information content (AvgIpc) is 3.14. The van der Waals surface area contributed by atoms with Crippen molar-refractivity contribution < 1.29 is 71.2 Å². The molecule has 310 valence electrons. The molecule has 0 radical (unpaired) electrons. The molecule has 0 aromatic heterocycles. The molecular formula is C37H72O15. The Balaban J connectivity index is 3.11. The third-order valence-electron chi connectivity index (χ3n) is 6.92. The van der Waals surface area contributed by atoms with Gasteiger partial charge in [-0.2, -0.15) is 0 Å². The summed E-state index contributed by atoms with van der Waals surface area (Å²) in [6.45, 7) is 15.2. The van der Waals surface area contributed by atoms with Gasteiger partial charge in [0.05, 0.1) is 145 Å². The topological polar surface area (TPSA) is 154 Å². The number of unbranched alkanes of at least 4 members (excludes halogenated alkanes) is 5. The highest BCUT2D eigenvalue weighted by Gasteiger charge is 2.03. The Bertz CT molecular complexity index is 717. The van der Waals surface area contributed by atoms with Gasteiger partial charge >= 0.3 is 11.9 Å². The molecule has 0 aromatic rings. The lowest BCUT2D eigenvalue weighted by molar-refractivity contribution is -0.146. The Morgan fingerprint density at radius 3 is 0.692 bits per heavy atom. The van der Waals surface area contributed by atoms with Crippen LogP contribution >= 0.6 is 0 Å². The summed E-state index contributed by atoms with van der Waals surface area (Å²) in [7, 11) is 0. The fourth-order valence-electron chi connectivity index (χ4n) is 4.09. The number of esters is 2. The number of ether oxygens (including phenoxy) is 13. The summed E-state index contributed by atoms with van der Waals surface area (Å²) in [4.78, 5) is 23.0. The van der Waals surface area contributed by atoms with Crippen molar-refractivity contribution >= 4 is 11.9 Å². The molecule has 0 atom stereocenters. The third kappa shape index (κ3) is 44.7. The Morgan fingerprint density at radius 1 is 0.269 bits per heavy atom. The van der Waals surface area contributed by atoms with Gasteiger partial charge in [0.15, 0.2) is 0 Å². The monoisotopic (exact) mass is 756 g/mol. The quantitative estimate of drug-likeness (QED) is 0.0653. The van der Waals surface area contributed by atoms with Gasteiger partial charge in [-0.1, -0.05) is 46.0 Å². The van der Waals surface area contributed by atoms with Crippen molar-refractivity contribution in [2.75, 3.05) is 159 Å². The van der Waals surface area contributed by atoms with Crippen LogP contribution in [0.15, 0.2) is 0 Å². The van der Waals surface area contributed by atoms with Crippen molar-refractivity contribution in [1.29, 1.82) is 0 Å². The number of carbonyl (C=O) groups is 2. The molecule has 0 heterocycles. The van der Waals surface area contributed by atoms with E-state index in [1.807, 2.05) is 0 Å². The van der Waals surface area contributed by atoms with Gasteiger partial charge in [0.25, 0.3) is 0 Å². The molecule has 0 N–H and O–H groups in total. The summed E-state index contributed by atoms with van der Waals surface area (Å²) >= 11 is 0. The molecule has 0 unspecified atom stereocenters. The second-order valence-electron chi connectivity index (χ2n) is 11.4. The standard InChI is InChI=1S/C37H72O15/c1-3-5-7-9-11-37(39)52-35-33-50-31-29-48-27-25-46-23-21-44-19-17-42-15-13-40-12-14-41-16-18-43-20-22-45-24-26-47-28-30-49-32-34-51-36(38)10-8-6-4-2/h3-35H2,1-2H3. The summed E-state index contributed by atoms with van der Waals surface area (Å²) in [6, 6.07) is 0. The van der Waals surface area contributed by atoms with E-state index in [0.717, 1.165) is 44.9 Å². The highest BCUT2D eigenvalue weighted by atomic mass is 16.6. The van der Waals surface area contributed by atoms with Crippen molar-refractivity contribution in [3.05, 3.63) is 0 Å². The van der Waals surface area contributed by atoms with Crippen molar-refractivity contribution in [2.45, 2.75) is 71.6 Å². The SMILES string of the molecule is CCCCCCC(=O)OCCOCCOCCOCCOCCOCCOCCOCCOCCOCCOCCOCCOC(=O)CCCCC. The van der Waals surface area contributed by atoms with Gasteiger partial charge in [0.2, 0.25) is 0 Å². The van der Waals surface area contributed by atoms with Gasteiger partial charge < -0.3 is 61.6 Å². The van der Waals surface area contributed by atoms with Gasteiger partial charge in [-0.25, -0.2) is 0 Å². The van der Waals surface area contributed by atoms with E-state index in [1.54, 1.807) is 0 Å². The molecule has 0 aliphatic carbocycles. The minimum Gasteiger partial charge on any atom is -0.463 e. The summed E-state index contributed by atoms with van der Waals surface area (Å²) < 4.78 is 70.2. The number of carbonyl (C=O) groups excluding carboxylic acids is 2. The predicted molar refractivity (Wildman–Crippen MR) is 194 cm³/mol. The normalized spacial score (nSPS) is 11.3. The van der Waals surface area contributed by atoms with Crippen molar-refractivity contribution in [3.63, 3.8) is 0 Å². The molecule has 0 rings (SSSR count). The zero-order valence-electron chi connectivity index (χ0n) is 32.5. The molecule has 0 fully saturated rings. The van der Waals surface area contributed by atoms with Crippen LogP contribution in [0, 0.1) is 0 Å². The van der Waals surface area contributed by atoms with E-state index in [4.69, 9.17) is 61.6 Å². The van der Waals surface area contributed by atoms with Crippen LogP contribution < -0.4 is 0 Å². The summed E-state index contributed by atoms with van der Waals surface area (Å²) in [5.41, 5.74) is 0. The Labute approximate surface area is 313 Å². The van der Waals surface area contributed by atoms with Crippen LogP contribution in [0.2, 0.25) is 0 Å². The molecular weight excluding hydrogens is 684 g/mol. The van der Waals surface area contributed by atoms with Gasteiger partial charge in [0, 0.05) is 12.8 Å². The molecule has 0 aromatic carbocycles. The molecule has 0 saturated heterocycles. The van der Waals surface area contributed by atoms with Crippen molar-refractivity contribution in [2.24, 2.45) is 0 Å². The van der Waals surface area contributed by atoms with E-state index in [1.165, 1.54) is 0 Å². The fourth-order valence-corrected chi connectivity index (χ4v) is 4.09. The minimum atomic E-state index is -0.163. The molecule has 15 nitrogen and oxygen atoms in total. The Hall–Kier alpha value is -1.50. The third-order valence-corrected chi connectivity index (χ3v) is 6.92. The van der Waals surface area contributed by atoms with Gasteiger partial charge in [0.1, 0.15) is 13.2 Å². The van der Waals surface area contributed by atoms with Crippen molar-refractivity contribution in [3.8, 4) is 0 Å². The number of hydrogen-bond donors (Lipinski definition) is 0. The maximum atomic E-state index is 11.6. The first-order chi connectivity index (χ1) is 25.7. The summed E-state index contributed by atoms with van der Waals surface area (Å²) in [5.74, 6) is -0.318. The Morgan fingerprint density at radius 2 is 0.462 bits per heavy atom. The van der Waals surface area contributed by atoms with Gasteiger partial charge in [-0.05, 0) is 12.8 Å². The molecule has 52 heavy (non-hydrogen) atoms. The first-order valence-corrected chi connectivity index (χ1v) is 19.4. The highest BCUT2D eigenvalue weighted by molar-refractivity contribution is 5.69. The second-order valence-corrected chi connectivity index (χ2v) is 11.4. The van der Waals surface area contributed by atoms with Gasteiger partial charge in [-0.15, -0.1) is 0 Å². The second kappa shape index (κ2) is 45.7. The van der Waals surface area contributed by atoms with Crippen molar-refractivity contribution in [1.82, 2.24) is 0 Å². The molecule has 15 heteroatoms. The fraction of sp³-hybridized carbons (Fsp3) is 0.946. The van der Waals surface area contributed by atoms with E-state index >= 15 is 0 Å². The molecule has 0 saturated carbocycles. The largest absolute Gasteiger partial charge is 0.463 e. The Kier molecular flexibility index (Phi) is 44.3. The number of hydrogen-bond acceptors (Lipinski definition) is 15. The maximum Gasteiger partial charge on any atom is 0.305 e. The number of rotatable bonds is 45. The van der Waals surface area contributed by atoms with E-state index in [0.29, 0.717) is 158 Å². The van der Waals surface area contributed by atoms with E-state index < -0.39 is 0 Å². The maximum absolute atomic E-state index is 11.6. The minimum absolute atomic E-state index is 0.156. The van der Waals surface area contributed by atoms with Crippen LogP contribution in [0.25, 0.3) is 0 Å². The van der Waals surface area contributed by atoms with E-state index in [-0.39, 0.29) is 25.2 Å². The lowest BCUT2D eigenvalue weighted by Crippen LogP contribution is -2.16. The molecule has 0 bridgehead atoms. The van der Waals surface area contributed by atoms with Crippen LogP contribution in [0.4, 0.5) is 0 Å². The molecule has 0 aliphatic heterocycles. The predicted octanol–water partition coefficient (Wildman–Crippen LogP) is 3.81. The molecule has 0 spiro atoms. The molecule has 0 amide bonds. The van der Waals surface area contributed by atoms with Gasteiger partial charge in [-0.3, -0.25) is 9.59 Å². The van der Waals surface area contributed by atoms with E-state index in [9.17, 15) is 9.59 Å².